The van der Waals surface area contributed by atoms with Crippen LogP contribution in [0.1, 0.15) is 49.9 Å². The van der Waals surface area contributed by atoms with Gasteiger partial charge in [-0.25, -0.2) is 9.97 Å². The molecule has 0 aromatic carbocycles. The molecule has 0 bridgehead atoms. The third-order valence-corrected chi connectivity index (χ3v) is 5.04. The minimum atomic E-state index is -0.0774. The Morgan fingerprint density at radius 3 is 2.85 bits per heavy atom. The van der Waals surface area contributed by atoms with Gasteiger partial charge in [0.25, 0.3) is 5.91 Å². The predicted molar refractivity (Wildman–Crippen MR) is 83.0 cm³/mol. The number of hydrogen-bond donors (Lipinski definition) is 1. The molecule has 1 amide bonds. The number of nitrogen functional groups attached to an aromatic ring is 1. The number of hydrogen-bond acceptors (Lipinski definition) is 5. The van der Waals surface area contributed by atoms with Gasteiger partial charge in [-0.05, 0) is 6.92 Å². The summed E-state index contributed by atoms with van der Waals surface area (Å²) in [5.41, 5.74) is 6.60. The normalized spacial score (nSPS) is 23.1. The molecule has 0 saturated carbocycles. The Kier molecular flexibility index (Phi) is 4.52. The van der Waals surface area contributed by atoms with Gasteiger partial charge < -0.3 is 10.6 Å². The molecule has 2 atom stereocenters. The molecule has 1 fully saturated rings. The molecule has 0 spiro atoms. The van der Waals surface area contributed by atoms with Gasteiger partial charge in [-0.1, -0.05) is 20.8 Å². The average Bonchev–Trinajstić information content (AvgIpc) is 2.41. The Morgan fingerprint density at radius 1 is 1.50 bits per heavy atom. The summed E-state index contributed by atoms with van der Waals surface area (Å²) < 4.78 is 0. The highest BCUT2D eigenvalue weighted by Gasteiger charge is 2.31. The highest BCUT2D eigenvalue weighted by Crippen LogP contribution is 2.26. The van der Waals surface area contributed by atoms with Crippen LogP contribution in [0.15, 0.2) is 6.20 Å². The second-order valence-corrected chi connectivity index (χ2v) is 6.99. The standard InChI is InChI=1S/C14H22N4OS/c1-8(2)13-16-7-11(15)12(17-13)14(19)18-5-6-20-10(4)9(18)3/h7-10H,5-6,15H2,1-4H3. The summed E-state index contributed by atoms with van der Waals surface area (Å²) in [7, 11) is 0. The van der Waals surface area contributed by atoms with E-state index in [9.17, 15) is 4.79 Å². The van der Waals surface area contributed by atoms with Crippen LogP contribution >= 0.6 is 11.8 Å². The first-order valence-corrected chi connectivity index (χ1v) is 8.01. The highest BCUT2D eigenvalue weighted by atomic mass is 32.2. The maximum absolute atomic E-state index is 12.7. The zero-order valence-electron chi connectivity index (χ0n) is 12.5. The summed E-state index contributed by atoms with van der Waals surface area (Å²) in [6.07, 6.45) is 1.54. The van der Waals surface area contributed by atoms with Gasteiger partial charge in [0.15, 0.2) is 5.69 Å². The lowest BCUT2D eigenvalue weighted by molar-refractivity contribution is 0.0692. The highest BCUT2D eigenvalue weighted by molar-refractivity contribution is 8.00. The van der Waals surface area contributed by atoms with Crippen LogP contribution in [0.2, 0.25) is 0 Å². The van der Waals surface area contributed by atoms with Crippen LogP contribution in [0.25, 0.3) is 0 Å². The number of amides is 1. The van der Waals surface area contributed by atoms with Crippen molar-refractivity contribution in [2.75, 3.05) is 18.0 Å². The molecule has 1 saturated heterocycles. The molecule has 1 aromatic rings. The van der Waals surface area contributed by atoms with Crippen molar-refractivity contribution in [3.8, 4) is 0 Å². The van der Waals surface area contributed by atoms with Crippen LogP contribution in [0.4, 0.5) is 5.69 Å². The molecule has 1 aromatic heterocycles. The second-order valence-electron chi connectivity index (χ2n) is 5.50. The molecule has 2 unspecified atom stereocenters. The number of carbonyl (C=O) groups is 1. The third kappa shape index (κ3) is 2.90. The molecule has 20 heavy (non-hydrogen) atoms. The van der Waals surface area contributed by atoms with Crippen LogP contribution in [-0.2, 0) is 0 Å². The summed E-state index contributed by atoms with van der Waals surface area (Å²) in [6, 6.07) is 0.193. The number of aromatic nitrogens is 2. The summed E-state index contributed by atoms with van der Waals surface area (Å²) >= 11 is 1.90. The Balaban J connectivity index is 2.30. The van der Waals surface area contributed by atoms with E-state index in [0.29, 0.717) is 22.5 Å². The molecule has 1 aliphatic heterocycles. The van der Waals surface area contributed by atoms with Gasteiger partial charge in [-0.15, -0.1) is 0 Å². The quantitative estimate of drug-likeness (QED) is 0.905. The van der Waals surface area contributed by atoms with Crippen LogP contribution < -0.4 is 5.73 Å². The first kappa shape index (κ1) is 15.1. The van der Waals surface area contributed by atoms with Gasteiger partial charge in [0.1, 0.15) is 5.82 Å². The molecular weight excluding hydrogens is 272 g/mol. The van der Waals surface area contributed by atoms with Crippen molar-refractivity contribution in [1.82, 2.24) is 14.9 Å². The topological polar surface area (TPSA) is 72.1 Å². The van der Waals surface area contributed by atoms with Crippen LogP contribution in [0.5, 0.6) is 0 Å². The van der Waals surface area contributed by atoms with E-state index in [1.165, 1.54) is 0 Å². The molecule has 5 nitrogen and oxygen atoms in total. The van der Waals surface area contributed by atoms with E-state index in [1.807, 2.05) is 30.5 Å². The third-order valence-electron chi connectivity index (χ3n) is 3.70. The number of carbonyl (C=O) groups excluding carboxylic acids is 1. The predicted octanol–water partition coefficient (Wildman–Crippen LogP) is 2.15. The molecule has 110 valence electrons. The van der Waals surface area contributed by atoms with Crippen molar-refractivity contribution in [2.45, 2.75) is 44.9 Å². The van der Waals surface area contributed by atoms with Crippen LogP contribution in [0.3, 0.4) is 0 Å². The first-order chi connectivity index (χ1) is 9.41. The molecule has 0 aliphatic carbocycles. The molecule has 2 N–H and O–H groups in total. The summed E-state index contributed by atoms with van der Waals surface area (Å²) in [5, 5.41) is 0.431. The van der Waals surface area contributed by atoms with E-state index in [-0.39, 0.29) is 17.9 Å². The lowest BCUT2D eigenvalue weighted by Gasteiger charge is -2.37. The van der Waals surface area contributed by atoms with Crippen molar-refractivity contribution in [2.24, 2.45) is 0 Å². The van der Waals surface area contributed by atoms with Crippen molar-refractivity contribution in [1.29, 1.82) is 0 Å². The van der Waals surface area contributed by atoms with Gasteiger partial charge in [0.2, 0.25) is 0 Å². The second kappa shape index (κ2) is 5.99. The van der Waals surface area contributed by atoms with Gasteiger partial charge in [0, 0.05) is 29.5 Å². The Hall–Kier alpha value is -1.30. The Labute approximate surface area is 124 Å². The van der Waals surface area contributed by atoms with Gasteiger partial charge in [0.05, 0.1) is 11.9 Å². The van der Waals surface area contributed by atoms with E-state index < -0.39 is 0 Å². The zero-order chi connectivity index (χ0) is 14.9. The number of thioether (sulfide) groups is 1. The van der Waals surface area contributed by atoms with Crippen molar-refractivity contribution in [3.63, 3.8) is 0 Å². The average molecular weight is 294 g/mol. The number of nitrogens with zero attached hydrogens (tertiary/aromatic N) is 3. The number of nitrogens with two attached hydrogens (primary N) is 1. The monoisotopic (exact) mass is 294 g/mol. The maximum atomic E-state index is 12.7. The fourth-order valence-electron chi connectivity index (χ4n) is 2.21. The molecule has 0 radical (unpaired) electrons. The first-order valence-electron chi connectivity index (χ1n) is 6.96. The summed E-state index contributed by atoms with van der Waals surface area (Å²) in [4.78, 5) is 23.1. The number of anilines is 1. The number of rotatable bonds is 2. The van der Waals surface area contributed by atoms with Gasteiger partial charge >= 0.3 is 0 Å². The van der Waals surface area contributed by atoms with Crippen LogP contribution in [0, 0.1) is 0 Å². The van der Waals surface area contributed by atoms with Crippen molar-refractivity contribution >= 4 is 23.4 Å². The fraction of sp³-hybridized carbons (Fsp3) is 0.643. The van der Waals surface area contributed by atoms with E-state index >= 15 is 0 Å². The molecule has 1 aliphatic rings. The van der Waals surface area contributed by atoms with E-state index in [0.717, 1.165) is 12.3 Å². The molecular formula is C14H22N4OS. The van der Waals surface area contributed by atoms with Crippen molar-refractivity contribution < 1.29 is 4.79 Å². The maximum Gasteiger partial charge on any atom is 0.275 e. The minimum absolute atomic E-state index is 0.0774. The van der Waals surface area contributed by atoms with Crippen molar-refractivity contribution in [3.05, 3.63) is 17.7 Å². The lowest BCUT2D eigenvalue weighted by atomic mass is 10.1. The van der Waals surface area contributed by atoms with Gasteiger partial charge in [-0.2, -0.15) is 11.8 Å². The van der Waals surface area contributed by atoms with E-state index in [1.54, 1.807) is 6.20 Å². The zero-order valence-corrected chi connectivity index (χ0v) is 13.3. The summed E-state index contributed by atoms with van der Waals surface area (Å²) in [6.45, 7) is 8.98. The van der Waals surface area contributed by atoms with E-state index in [2.05, 4.69) is 23.8 Å². The minimum Gasteiger partial charge on any atom is -0.396 e. The smallest absolute Gasteiger partial charge is 0.275 e. The molecule has 2 heterocycles. The van der Waals surface area contributed by atoms with E-state index in [4.69, 9.17) is 5.73 Å². The summed E-state index contributed by atoms with van der Waals surface area (Å²) in [5.74, 6) is 1.72. The van der Waals surface area contributed by atoms with Crippen LogP contribution in [-0.4, -0.2) is 44.4 Å². The Morgan fingerprint density at radius 2 is 2.20 bits per heavy atom. The Bertz CT molecular complexity index is 506. The largest absolute Gasteiger partial charge is 0.396 e. The fourth-order valence-corrected chi connectivity index (χ4v) is 3.31. The lowest BCUT2D eigenvalue weighted by Crippen LogP contribution is -2.48. The molecule has 2 rings (SSSR count). The molecule has 6 heteroatoms. The SMILES string of the molecule is CC(C)c1ncc(N)c(C(=O)N2CCSC(C)C2C)n1. The van der Waals surface area contributed by atoms with Gasteiger partial charge in [-0.3, -0.25) is 4.79 Å².